The van der Waals surface area contributed by atoms with Crippen molar-refractivity contribution in [3.8, 4) is 5.69 Å². The van der Waals surface area contributed by atoms with Gasteiger partial charge in [0.1, 0.15) is 10.3 Å². The van der Waals surface area contributed by atoms with E-state index in [1.165, 1.54) is 21.7 Å². The van der Waals surface area contributed by atoms with Crippen molar-refractivity contribution in [1.29, 1.82) is 5.41 Å². The van der Waals surface area contributed by atoms with Crippen LogP contribution >= 0.6 is 11.3 Å². The van der Waals surface area contributed by atoms with Crippen molar-refractivity contribution < 1.29 is 0 Å². The smallest absolute Gasteiger partial charge is 0.156 e. The van der Waals surface area contributed by atoms with Gasteiger partial charge in [0.25, 0.3) is 0 Å². The molecular weight excluding hydrogens is 534 g/mol. The molecule has 0 fully saturated rings. The van der Waals surface area contributed by atoms with Crippen LogP contribution < -0.4 is 0 Å². The van der Waals surface area contributed by atoms with Crippen molar-refractivity contribution in [1.82, 2.24) is 19.1 Å². The van der Waals surface area contributed by atoms with E-state index in [0.29, 0.717) is 0 Å². The number of nitrogens with one attached hydrogen (secondary N) is 2. The first-order valence-electron chi connectivity index (χ1n) is 13.9. The molecule has 0 aliphatic rings. The van der Waals surface area contributed by atoms with Gasteiger partial charge in [0.2, 0.25) is 0 Å². The van der Waals surface area contributed by atoms with Gasteiger partial charge in [-0.15, -0.1) is 11.3 Å². The van der Waals surface area contributed by atoms with Crippen molar-refractivity contribution >= 4 is 87.3 Å². The number of rotatable bonds is 4. The van der Waals surface area contributed by atoms with Crippen molar-refractivity contribution in [3.05, 3.63) is 127 Å². The molecule has 0 radical (unpaired) electrons. The van der Waals surface area contributed by atoms with Crippen LogP contribution in [0, 0.1) is 5.41 Å². The molecule has 4 aromatic heterocycles. The van der Waals surface area contributed by atoms with E-state index in [4.69, 9.17) is 10.4 Å². The normalized spacial score (nSPS) is 12.5. The van der Waals surface area contributed by atoms with Crippen LogP contribution in [0.5, 0.6) is 0 Å². The van der Waals surface area contributed by atoms with Crippen LogP contribution in [0.15, 0.2) is 121 Å². The third-order valence-corrected chi connectivity index (χ3v) is 9.31. The molecule has 42 heavy (non-hydrogen) atoms. The standard InChI is InChI=1S/C36H23N5S/c37-21-20-30(35-38-32-27-14-6-9-17-31(27)42-36(32)39-35)41-29-16-8-5-13-24(29)26-19-18-25-23-12-4-7-15-28(23)40(33(25)34(26)41)22-10-2-1-3-11-22/h1-21,37H,(H,38,39)/b30-20+,37-21?. The molecule has 0 unspecified atom stereocenters. The highest BCUT2D eigenvalue weighted by atomic mass is 32.1. The number of H-pyrrole nitrogens is 1. The fraction of sp³-hybridized carbons (Fsp3) is 0. The van der Waals surface area contributed by atoms with Crippen molar-refractivity contribution in [2.75, 3.05) is 0 Å². The Bertz CT molecular complexity index is 2540. The summed E-state index contributed by atoms with van der Waals surface area (Å²) in [5, 5.41) is 14.1. The van der Waals surface area contributed by atoms with Crippen LogP contribution in [-0.2, 0) is 0 Å². The number of nitrogens with zero attached hydrogens (tertiary/aromatic N) is 3. The van der Waals surface area contributed by atoms with Gasteiger partial charge in [0.05, 0.1) is 27.8 Å². The van der Waals surface area contributed by atoms with Crippen LogP contribution in [0.2, 0.25) is 0 Å². The lowest BCUT2D eigenvalue weighted by Gasteiger charge is -2.13. The molecule has 5 aromatic carbocycles. The summed E-state index contributed by atoms with van der Waals surface area (Å²) in [6.45, 7) is 0. The quantitative estimate of drug-likeness (QED) is 0.208. The third kappa shape index (κ3) is 3.12. The zero-order chi connectivity index (χ0) is 27.8. The highest BCUT2D eigenvalue weighted by Gasteiger charge is 2.23. The molecule has 0 spiro atoms. The molecule has 0 atom stereocenters. The predicted octanol–water partition coefficient (Wildman–Crippen LogP) is 9.52. The SMILES string of the molecule is N=C/C=C(\c1nc2c([nH]1)sc1ccccc12)n1c2ccccc2c2ccc3c4ccccc4n(-c4ccccc4)c3c21. The molecule has 0 saturated carbocycles. The van der Waals surface area contributed by atoms with E-state index in [-0.39, 0.29) is 0 Å². The Morgan fingerprint density at radius 2 is 1.31 bits per heavy atom. The Labute approximate surface area is 244 Å². The highest BCUT2D eigenvalue weighted by molar-refractivity contribution is 7.25. The van der Waals surface area contributed by atoms with E-state index in [2.05, 4.69) is 129 Å². The van der Waals surface area contributed by atoms with Crippen LogP contribution in [0.25, 0.3) is 75.4 Å². The largest absolute Gasteiger partial charge is 0.328 e. The monoisotopic (exact) mass is 557 g/mol. The Balaban J connectivity index is 1.47. The molecular formula is C36H23N5S. The van der Waals surface area contributed by atoms with E-state index in [1.54, 1.807) is 11.3 Å². The second kappa shape index (κ2) is 8.77. The fourth-order valence-corrected chi connectivity index (χ4v) is 7.57. The zero-order valence-electron chi connectivity index (χ0n) is 22.4. The lowest BCUT2D eigenvalue weighted by molar-refractivity contribution is 1.13. The molecule has 9 rings (SSSR count). The van der Waals surface area contributed by atoms with Crippen molar-refractivity contribution in [2.24, 2.45) is 0 Å². The Kier molecular flexibility index (Phi) is 4.86. The Hall–Kier alpha value is -5.46. The van der Waals surface area contributed by atoms with Crippen LogP contribution in [0.3, 0.4) is 0 Å². The lowest BCUT2D eigenvalue weighted by Crippen LogP contribution is -2.03. The average Bonchev–Trinajstić information content (AvgIpc) is 3.78. The number of imidazole rings is 1. The molecule has 6 heteroatoms. The van der Waals surface area contributed by atoms with Crippen LogP contribution in [-0.4, -0.2) is 25.3 Å². The molecule has 198 valence electrons. The van der Waals surface area contributed by atoms with E-state index < -0.39 is 0 Å². The topological polar surface area (TPSA) is 62.4 Å². The summed E-state index contributed by atoms with van der Waals surface area (Å²) in [4.78, 5) is 9.80. The number of para-hydroxylation sites is 3. The van der Waals surface area contributed by atoms with E-state index in [1.807, 2.05) is 6.08 Å². The van der Waals surface area contributed by atoms with Gasteiger partial charge >= 0.3 is 0 Å². The fourth-order valence-electron chi connectivity index (χ4n) is 6.53. The number of benzene rings is 5. The second-order valence-electron chi connectivity index (χ2n) is 10.5. The van der Waals surface area contributed by atoms with Gasteiger partial charge in [0.15, 0.2) is 5.82 Å². The second-order valence-corrected chi connectivity index (χ2v) is 11.5. The van der Waals surface area contributed by atoms with Crippen molar-refractivity contribution in [2.45, 2.75) is 0 Å². The molecule has 5 nitrogen and oxygen atoms in total. The zero-order valence-corrected chi connectivity index (χ0v) is 23.2. The summed E-state index contributed by atoms with van der Waals surface area (Å²) in [6, 6.07) is 40.6. The first-order chi connectivity index (χ1) is 20.8. The molecule has 0 amide bonds. The van der Waals surface area contributed by atoms with Gasteiger partial charge in [-0.1, -0.05) is 84.9 Å². The number of aromatic amines is 1. The summed E-state index contributed by atoms with van der Waals surface area (Å²) in [6.07, 6.45) is 3.21. The molecule has 0 aliphatic heterocycles. The molecule has 0 saturated heterocycles. The number of hydrogen-bond donors (Lipinski definition) is 2. The first-order valence-corrected chi connectivity index (χ1v) is 14.7. The summed E-state index contributed by atoms with van der Waals surface area (Å²) in [5.74, 6) is 0.743. The lowest BCUT2D eigenvalue weighted by atomic mass is 10.1. The Morgan fingerprint density at radius 1 is 0.667 bits per heavy atom. The summed E-state index contributed by atoms with van der Waals surface area (Å²) >= 11 is 1.71. The van der Waals surface area contributed by atoms with E-state index in [9.17, 15) is 0 Å². The van der Waals surface area contributed by atoms with Crippen LogP contribution in [0.4, 0.5) is 0 Å². The number of thiophene rings is 1. The van der Waals surface area contributed by atoms with Crippen LogP contribution in [0.1, 0.15) is 5.82 Å². The maximum atomic E-state index is 8.20. The molecule has 0 bridgehead atoms. The Morgan fingerprint density at radius 3 is 2.10 bits per heavy atom. The number of allylic oxidation sites excluding steroid dienone is 1. The van der Waals surface area contributed by atoms with Gasteiger partial charge in [-0.3, -0.25) is 0 Å². The van der Waals surface area contributed by atoms with Gasteiger partial charge in [0, 0.05) is 43.5 Å². The third-order valence-electron chi connectivity index (χ3n) is 8.23. The minimum atomic E-state index is 0.743. The number of aromatic nitrogens is 4. The van der Waals surface area contributed by atoms with Gasteiger partial charge in [-0.25, -0.2) is 4.98 Å². The van der Waals surface area contributed by atoms with Gasteiger partial charge < -0.3 is 19.5 Å². The number of hydrogen-bond acceptors (Lipinski definition) is 3. The van der Waals surface area contributed by atoms with E-state index in [0.717, 1.165) is 65.8 Å². The predicted molar refractivity (Wildman–Crippen MR) is 177 cm³/mol. The maximum absolute atomic E-state index is 8.20. The number of fused-ring (bicyclic) bond motifs is 10. The summed E-state index contributed by atoms with van der Waals surface area (Å²) in [5.41, 5.74) is 7.35. The van der Waals surface area contributed by atoms with Crippen molar-refractivity contribution in [3.63, 3.8) is 0 Å². The van der Waals surface area contributed by atoms with Gasteiger partial charge in [-0.05, 0) is 36.4 Å². The minimum Gasteiger partial charge on any atom is -0.328 e. The molecule has 0 aliphatic carbocycles. The summed E-state index contributed by atoms with van der Waals surface area (Å²) < 4.78 is 5.88. The summed E-state index contributed by atoms with van der Waals surface area (Å²) in [7, 11) is 0. The highest BCUT2D eigenvalue weighted by Crippen LogP contribution is 2.42. The first kappa shape index (κ1) is 23.3. The maximum Gasteiger partial charge on any atom is 0.156 e. The molecule has 4 heterocycles. The molecule has 2 N–H and O–H groups in total. The average molecular weight is 558 g/mol. The minimum absolute atomic E-state index is 0.743. The molecule has 9 aromatic rings. The van der Waals surface area contributed by atoms with Gasteiger partial charge in [-0.2, -0.15) is 0 Å². The van der Waals surface area contributed by atoms with E-state index >= 15 is 0 Å².